The standard InChI is InChI=1S/C21H30O2S/c1-16-11-12-19-20(2,3)13-8-14-21(19,4)18(16)15-24(22,23)17-9-6-5-7-10-17/h5-7,9-11,18-19H,8,12-15H2,1-4H3/t18-,19+,21-/m1/s1. The lowest BCUT2D eigenvalue weighted by Crippen LogP contribution is -2.50. The van der Waals surface area contributed by atoms with Gasteiger partial charge in [-0.2, -0.15) is 0 Å². The van der Waals surface area contributed by atoms with Gasteiger partial charge in [-0.1, -0.05) is 57.0 Å². The highest BCUT2D eigenvalue weighted by molar-refractivity contribution is 7.91. The number of allylic oxidation sites excluding steroid dienone is 2. The Morgan fingerprint density at radius 1 is 1.08 bits per heavy atom. The lowest BCUT2D eigenvalue weighted by atomic mass is 9.49. The van der Waals surface area contributed by atoms with Crippen molar-refractivity contribution in [1.29, 1.82) is 0 Å². The fourth-order valence-electron chi connectivity index (χ4n) is 5.40. The van der Waals surface area contributed by atoms with Crippen molar-refractivity contribution in [3.05, 3.63) is 42.0 Å². The van der Waals surface area contributed by atoms with E-state index in [2.05, 4.69) is 33.8 Å². The van der Waals surface area contributed by atoms with Crippen LogP contribution in [0.15, 0.2) is 46.9 Å². The fraction of sp³-hybridized carbons (Fsp3) is 0.619. The summed E-state index contributed by atoms with van der Waals surface area (Å²) in [6.45, 7) is 9.22. The van der Waals surface area contributed by atoms with Crippen LogP contribution in [0.2, 0.25) is 0 Å². The molecule has 3 rings (SSSR count). The first-order chi connectivity index (χ1) is 11.2. The number of hydrogen-bond donors (Lipinski definition) is 0. The highest BCUT2D eigenvalue weighted by atomic mass is 32.2. The first-order valence-corrected chi connectivity index (χ1v) is 10.8. The molecule has 0 saturated heterocycles. The van der Waals surface area contributed by atoms with Gasteiger partial charge in [0.2, 0.25) is 0 Å². The molecule has 0 aromatic heterocycles. The average molecular weight is 347 g/mol. The molecule has 132 valence electrons. The predicted molar refractivity (Wildman–Crippen MR) is 99.6 cm³/mol. The monoisotopic (exact) mass is 346 g/mol. The van der Waals surface area contributed by atoms with E-state index >= 15 is 0 Å². The summed E-state index contributed by atoms with van der Waals surface area (Å²) in [5, 5.41) is 0. The molecule has 2 aliphatic rings. The third-order valence-electron chi connectivity index (χ3n) is 6.79. The summed E-state index contributed by atoms with van der Waals surface area (Å²) in [6.07, 6.45) is 7.00. The lowest BCUT2D eigenvalue weighted by molar-refractivity contribution is -0.0309. The summed E-state index contributed by atoms with van der Waals surface area (Å²) in [7, 11) is -3.26. The van der Waals surface area contributed by atoms with Crippen molar-refractivity contribution in [3.8, 4) is 0 Å². The van der Waals surface area contributed by atoms with E-state index in [0.29, 0.717) is 16.2 Å². The van der Waals surface area contributed by atoms with Gasteiger partial charge in [-0.05, 0) is 61.0 Å². The number of fused-ring (bicyclic) bond motifs is 1. The Morgan fingerprint density at radius 3 is 2.42 bits per heavy atom. The van der Waals surface area contributed by atoms with Crippen LogP contribution in [-0.4, -0.2) is 14.2 Å². The van der Waals surface area contributed by atoms with Crippen molar-refractivity contribution in [2.24, 2.45) is 22.7 Å². The molecule has 0 aliphatic heterocycles. The molecule has 2 nitrogen and oxygen atoms in total. The van der Waals surface area contributed by atoms with Gasteiger partial charge in [0.1, 0.15) is 0 Å². The Balaban J connectivity index is 1.97. The molecule has 1 fully saturated rings. The van der Waals surface area contributed by atoms with Crippen LogP contribution in [0.25, 0.3) is 0 Å². The van der Waals surface area contributed by atoms with Crippen molar-refractivity contribution in [3.63, 3.8) is 0 Å². The Hall–Kier alpha value is -1.09. The van der Waals surface area contributed by atoms with Crippen LogP contribution in [0.5, 0.6) is 0 Å². The summed E-state index contributed by atoms with van der Waals surface area (Å²) < 4.78 is 26.0. The molecule has 2 aliphatic carbocycles. The summed E-state index contributed by atoms with van der Waals surface area (Å²) in [5.74, 6) is 0.932. The molecule has 1 aromatic carbocycles. The van der Waals surface area contributed by atoms with E-state index in [1.165, 1.54) is 18.4 Å². The summed E-state index contributed by atoms with van der Waals surface area (Å²) in [4.78, 5) is 0.457. The van der Waals surface area contributed by atoms with Crippen LogP contribution < -0.4 is 0 Å². The maximum atomic E-state index is 13.0. The second-order valence-electron chi connectivity index (χ2n) is 8.73. The molecule has 3 atom stereocenters. The average Bonchev–Trinajstić information content (AvgIpc) is 2.51. The number of sulfone groups is 1. The van der Waals surface area contributed by atoms with Crippen molar-refractivity contribution in [1.82, 2.24) is 0 Å². The van der Waals surface area contributed by atoms with E-state index < -0.39 is 9.84 Å². The quantitative estimate of drug-likeness (QED) is 0.700. The van der Waals surface area contributed by atoms with Gasteiger partial charge >= 0.3 is 0 Å². The summed E-state index contributed by atoms with van der Waals surface area (Å²) >= 11 is 0. The molecular weight excluding hydrogens is 316 g/mol. The third-order valence-corrected chi connectivity index (χ3v) is 8.55. The topological polar surface area (TPSA) is 34.1 Å². The van der Waals surface area contributed by atoms with Gasteiger partial charge in [-0.15, -0.1) is 0 Å². The number of hydrogen-bond acceptors (Lipinski definition) is 2. The fourth-order valence-corrected chi connectivity index (χ4v) is 7.25. The van der Waals surface area contributed by atoms with Crippen molar-refractivity contribution < 1.29 is 8.42 Å². The van der Waals surface area contributed by atoms with Gasteiger partial charge in [0.25, 0.3) is 0 Å². The highest BCUT2D eigenvalue weighted by Gasteiger charge is 2.52. The normalized spacial score (nSPS) is 32.8. The smallest absolute Gasteiger partial charge is 0.178 e. The van der Waals surface area contributed by atoms with E-state index in [4.69, 9.17) is 0 Å². The Morgan fingerprint density at radius 2 is 1.75 bits per heavy atom. The number of rotatable bonds is 3. The molecule has 0 spiro atoms. The van der Waals surface area contributed by atoms with Crippen LogP contribution >= 0.6 is 0 Å². The third kappa shape index (κ3) is 2.96. The zero-order valence-corrected chi connectivity index (χ0v) is 16.2. The molecule has 3 heteroatoms. The van der Waals surface area contributed by atoms with Crippen LogP contribution in [0.1, 0.15) is 53.4 Å². The Labute approximate surface area is 147 Å². The molecule has 0 bridgehead atoms. The second-order valence-corrected chi connectivity index (χ2v) is 10.8. The first kappa shape index (κ1) is 17.7. The minimum absolute atomic E-state index is 0.0857. The van der Waals surface area contributed by atoms with Gasteiger partial charge < -0.3 is 0 Å². The lowest BCUT2D eigenvalue weighted by Gasteiger charge is -2.56. The van der Waals surface area contributed by atoms with Gasteiger partial charge in [0.05, 0.1) is 10.6 Å². The van der Waals surface area contributed by atoms with E-state index in [-0.39, 0.29) is 17.1 Å². The molecule has 0 amide bonds. The van der Waals surface area contributed by atoms with Crippen molar-refractivity contribution in [2.45, 2.75) is 58.3 Å². The predicted octanol–water partition coefficient (Wildman–Crippen LogP) is 5.26. The van der Waals surface area contributed by atoms with Crippen LogP contribution in [0, 0.1) is 22.7 Å². The minimum Gasteiger partial charge on any atom is -0.224 e. The first-order valence-electron chi connectivity index (χ1n) is 9.11. The highest BCUT2D eigenvalue weighted by Crippen LogP contribution is 2.59. The summed E-state index contributed by atoms with van der Waals surface area (Å²) in [6, 6.07) is 8.94. The maximum Gasteiger partial charge on any atom is 0.178 e. The van der Waals surface area contributed by atoms with Crippen molar-refractivity contribution >= 4 is 9.84 Å². The molecule has 0 N–H and O–H groups in total. The van der Waals surface area contributed by atoms with Gasteiger partial charge in [-0.3, -0.25) is 0 Å². The largest absolute Gasteiger partial charge is 0.224 e. The molecule has 0 unspecified atom stereocenters. The van der Waals surface area contributed by atoms with Crippen LogP contribution in [0.3, 0.4) is 0 Å². The number of benzene rings is 1. The van der Waals surface area contributed by atoms with E-state index in [9.17, 15) is 8.42 Å². The molecule has 0 heterocycles. The Kier molecular flexibility index (Phi) is 4.44. The second kappa shape index (κ2) is 6.01. The molecule has 24 heavy (non-hydrogen) atoms. The zero-order chi connectivity index (χ0) is 17.6. The molecule has 1 saturated carbocycles. The van der Waals surface area contributed by atoms with Crippen LogP contribution in [0.4, 0.5) is 0 Å². The SMILES string of the molecule is CC1=CC[C@H]2C(C)(C)CCC[C@]2(C)[C@@H]1CS(=O)(=O)c1ccccc1. The van der Waals surface area contributed by atoms with Crippen molar-refractivity contribution in [2.75, 3.05) is 5.75 Å². The van der Waals surface area contributed by atoms with E-state index in [0.717, 1.165) is 12.8 Å². The van der Waals surface area contributed by atoms with Gasteiger partial charge in [0, 0.05) is 0 Å². The Bertz CT molecular complexity index is 730. The van der Waals surface area contributed by atoms with Crippen LogP contribution in [-0.2, 0) is 9.84 Å². The maximum absolute atomic E-state index is 13.0. The molecular formula is C21H30O2S. The summed E-state index contributed by atoms with van der Waals surface area (Å²) in [5.41, 5.74) is 1.65. The van der Waals surface area contributed by atoms with Gasteiger partial charge in [-0.25, -0.2) is 8.42 Å². The molecule has 1 aromatic rings. The molecule has 0 radical (unpaired) electrons. The van der Waals surface area contributed by atoms with E-state index in [1.807, 2.05) is 18.2 Å². The van der Waals surface area contributed by atoms with Gasteiger partial charge in [0.15, 0.2) is 9.84 Å². The zero-order valence-electron chi connectivity index (χ0n) is 15.4. The van der Waals surface area contributed by atoms with E-state index in [1.54, 1.807) is 12.1 Å². The minimum atomic E-state index is -3.26.